The Hall–Kier alpha value is -0.803. The van der Waals surface area contributed by atoms with Gasteiger partial charge in [0, 0.05) is 56.6 Å². The number of nitrogens with zero attached hydrogens (tertiary/aromatic N) is 4. The van der Waals surface area contributed by atoms with Crippen LogP contribution in [0.5, 0.6) is 0 Å². The summed E-state index contributed by atoms with van der Waals surface area (Å²) in [5.74, 6) is -1.63. The van der Waals surface area contributed by atoms with Crippen LogP contribution in [0.2, 0.25) is 0 Å². The molecule has 0 aliphatic heterocycles. The molecule has 1 N–H and O–H groups in total. The molecule has 56 heavy (non-hydrogen) atoms. The first kappa shape index (κ1) is 76.0. The van der Waals surface area contributed by atoms with Crippen molar-refractivity contribution in [1.82, 2.24) is 9.97 Å². The molecular formula is C36H65ILiN4NaO10S3. The van der Waals surface area contributed by atoms with Crippen molar-refractivity contribution in [2.75, 3.05) is 52.9 Å². The Kier molecular flexibility index (Phi) is 82.6. The van der Waals surface area contributed by atoms with Gasteiger partial charge in [-0.25, -0.2) is 14.8 Å². The van der Waals surface area contributed by atoms with Crippen molar-refractivity contribution in [3.05, 3.63) is 43.7 Å². The molecule has 2 aromatic heterocycles. The first-order chi connectivity index (χ1) is 25.3. The monoisotopic (exact) mass is 966 g/mol. The van der Waals surface area contributed by atoms with Crippen LogP contribution in [0, 0.1) is 41.9 Å². The summed E-state index contributed by atoms with van der Waals surface area (Å²) in [6.45, 7) is 32.2. The molecule has 0 amide bonds. The van der Waals surface area contributed by atoms with Crippen molar-refractivity contribution in [2.24, 2.45) is 0 Å². The average molecular weight is 967 g/mol. The van der Waals surface area contributed by atoms with E-state index in [1.807, 2.05) is 78.0 Å². The maximum atomic E-state index is 11.0. The number of hydrogen-bond donors (Lipinski definition) is 1. The normalized spacial score (nSPS) is 8.43. The average Bonchev–Trinajstić information content (AvgIpc) is 3.76. The van der Waals surface area contributed by atoms with Gasteiger partial charge in [-0.2, -0.15) is 5.26 Å². The largest absolute Gasteiger partial charge is 1.00 e. The van der Waals surface area contributed by atoms with Crippen LogP contribution >= 0.6 is 57.5 Å². The van der Waals surface area contributed by atoms with Gasteiger partial charge in [0.05, 0.1) is 49.2 Å². The van der Waals surface area contributed by atoms with Crippen LogP contribution < -0.4 is 48.4 Å². The fourth-order valence-corrected chi connectivity index (χ4v) is 4.05. The Morgan fingerprint density at radius 2 is 1.25 bits per heavy atom. The molecule has 0 aliphatic carbocycles. The molecule has 0 spiro atoms. The molecule has 20 heteroatoms. The number of esters is 2. The van der Waals surface area contributed by atoms with Gasteiger partial charge in [0.25, 0.3) is 5.97 Å². The van der Waals surface area contributed by atoms with Crippen LogP contribution in [-0.2, 0) is 44.6 Å². The van der Waals surface area contributed by atoms with Crippen molar-refractivity contribution < 1.29 is 96.3 Å². The molecule has 0 saturated heterocycles. The van der Waals surface area contributed by atoms with Gasteiger partial charge < -0.3 is 72.7 Å². The smallest absolute Gasteiger partial charge is 0.512 e. The van der Waals surface area contributed by atoms with Crippen LogP contribution in [0.4, 0.5) is 0 Å². The van der Waals surface area contributed by atoms with E-state index >= 15 is 0 Å². The molecule has 0 unspecified atom stereocenters. The second-order valence-corrected chi connectivity index (χ2v) is 11.2. The van der Waals surface area contributed by atoms with E-state index in [1.165, 1.54) is 11.3 Å². The predicted octanol–water partition coefficient (Wildman–Crippen LogP) is 3.17. The van der Waals surface area contributed by atoms with Gasteiger partial charge in [0.2, 0.25) is 0 Å². The van der Waals surface area contributed by atoms with E-state index in [4.69, 9.17) is 50.6 Å². The SMILES string of the molecule is C.CCOC(=O)CC#N.CCOC(=O)c1ncsc1C.CCOC(C)(OCC)OCC.CCOC(C)=S.CCOCC.Cc1scnc1CO.[C-]#N.[CH2-]I.[Li+].[Na+]. The topological polar surface area (TPSA) is 192 Å². The number of aryl methyl sites for hydroxylation is 2. The number of thiazole rings is 2. The molecule has 0 fully saturated rings. The third-order valence-corrected chi connectivity index (χ3v) is 6.39. The Balaban J connectivity index is -0.0000000668. The number of rotatable bonds is 14. The number of nitriles is 1. The molecule has 14 nitrogen and oxygen atoms in total. The van der Waals surface area contributed by atoms with E-state index < -0.39 is 11.9 Å². The molecule has 2 aromatic rings. The minimum absolute atomic E-state index is 0. The van der Waals surface area contributed by atoms with Crippen molar-refractivity contribution in [1.29, 1.82) is 10.5 Å². The van der Waals surface area contributed by atoms with Gasteiger partial charge in [-0.05, 0) is 81.5 Å². The molecule has 0 bridgehead atoms. The summed E-state index contributed by atoms with van der Waals surface area (Å²) in [6, 6.07) is 1.68. The number of carbonyl (C=O) groups excluding carboxylic acids is 2. The van der Waals surface area contributed by atoms with Gasteiger partial charge in [0.1, 0.15) is 6.42 Å². The maximum absolute atomic E-state index is 11.0. The zero-order valence-electron chi connectivity index (χ0n) is 35.4. The Bertz CT molecular complexity index is 1160. The number of aliphatic hydroxyl groups excluding tert-OH is 1. The standard InChI is InChI=1S/C8H18O3.C7H9NO2S.C5H7NO2.C5H7NOS.C4H8OS.C4H10O.CH2I.CN.CH4.Li.Na/c1-5-9-8(4,10-6-2)11-7-3;1-3-10-7(9)6-5(2)11-4-8-6;1-2-8-5(7)3-4-6;1-4-5(2-7)6-3-8-4;1-3-5-4(2)6;1-3-5-4-2;2*1-2;;;/h5-7H2,1-4H3;4H,3H2,1-2H3;2-3H2,1H3;3,7H,2H2,1H3;3H2,1-2H3;3-4H2,1-2H3;1H2;;1H4;;/q;;;;;;2*-1;;2*+1. The molecule has 2 rings (SSSR count). The summed E-state index contributed by atoms with van der Waals surface area (Å²) in [7, 11) is 0. The second kappa shape index (κ2) is 60.9. The van der Waals surface area contributed by atoms with Crippen molar-refractivity contribution in [3.63, 3.8) is 0 Å². The van der Waals surface area contributed by atoms with Gasteiger partial charge >= 0.3 is 60.4 Å². The second-order valence-electron chi connectivity index (χ2n) is 8.50. The first-order valence-corrected chi connectivity index (χ1v) is 20.2. The Morgan fingerprint density at radius 1 is 0.839 bits per heavy atom. The molecular weight excluding hydrogens is 901 g/mol. The van der Waals surface area contributed by atoms with Crippen LogP contribution in [0.1, 0.15) is 109 Å². The Labute approximate surface area is 399 Å². The predicted molar refractivity (Wildman–Crippen MR) is 229 cm³/mol. The van der Waals surface area contributed by atoms with E-state index in [-0.39, 0.29) is 74.8 Å². The number of thiocarbonyl (C=S) groups is 1. The van der Waals surface area contributed by atoms with Crippen LogP contribution in [0.3, 0.4) is 0 Å². The first-order valence-electron chi connectivity index (χ1n) is 16.5. The maximum Gasteiger partial charge on any atom is 1.00 e. The minimum Gasteiger partial charge on any atom is -0.512 e. The van der Waals surface area contributed by atoms with Crippen LogP contribution in [-0.4, -0.2) is 90.9 Å². The molecule has 0 saturated carbocycles. The number of ether oxygens (including phenoxy) is 7. The zero-order chi connectivity index (χ0) is 42.5. The minimum atomic E-state index is -0.849. The van der Waals surface area contributed by atoms with E-state index in [9.17, 15) is 9.59 Å². The molecule has 316 valence electrons. The molecule has 0 radical (unpaired) electrons. The molecule has 0 atom stereocenters. The molecule has 0 aliphatic rings. The fourth-order valence-electron chi connectivity index (χ4n) is 2.78. The van der Waals surface area contributed by atoms with E-state index in [0.29, 0.717) is 50.4 Å². The van der Waals surface area contributed by atoms with E-state index in [0.717, 1.165) is 28.7 Å². The molecule has 2 heterocycles. The van der Waals surface area contributed by atoms with Gasteiger partial charge in [-0.1, -0.05) is 7.43 Å². The summed E-state index contributed by atoms with van der Waals surface area (Å²) >= 11 is 9.48. The third-order valence-electron chi connectivity index (χ3n) is 4.71. The summed E-state index contributed by atoms with van der Waals surface area (Å²) in [4.78, 5) is 34.3. The number of hydrogen-bond acceptors (Lipinski definition) is 17. The third kappa shape index (κ3) is 55.3. The summed E-state index contributed by atoms with van der Waals surface area (Å²) in [5, 5.41) is 23.3. The quantitative estimate of drug-likeness (QED) is 0.0725. The number of aromatic nitrogens is 2. The zero-order valence-corrected chi connectivity index (χ0v) is 42.1. The van der Waals surface area contributed by atoms with Gasteiger partial charge in [-0.15, -0.1) is 22.7 Å². The fraction of sp³-hybridized carbons (Fsp3) is 0.667. The number of halogens is 1. The number of aliphatic hydroxyl groups is 1. The van der Waals surface area contributed by atoms with Crippen molar-refractivity contribution >= 4 is 74.5 Å². The van der Waals surface area contributed by atoms with Crippen LogP contribution in [0.15, 0.2) is 11.0 Å². The van der Waals surface area contributed by atoms with Crippen molar-refractivity contribution in [2.45, 2.75) is 110 Å². The summed E-state index contributed by atoms with van der Waals surface area (Å²) in [5.41, 5.74) is 4.62. The van der Waals surface area contributed by atoms with E-state index in [2.05, 4.69) is 31.9 Å². The number of carbonyl (C=O) groups is 2. The van der Waals surface area contributed by atoms with Gasteiger partial charge in [0.15, 0.2) is 10.7 Å². The Morgan fingerprint density at radius 3 is 1.46 bits per heavy atom. The van der Waals surface area contributed by atoms with E-state index in [1.54, 1.807) is 56.1 Å². The van der Waals surface area contributed by atoms with Crippen LogP contribution in [0.25, 0.3) is 0 Å². The molecule has 0 aromatic carbocycles. The van der Waals surface area contributed by atoms with Crippen molar-refractivity contribution in [3.8, 4) is 6.07 Å². The summed E-state index contributed by atoms with van der Waals surface area (Å²) in [6.07, 6.45) is -0.145. The summed E-state index contributed by atoms with van der Waals surface area (Å²) < 4.78 is 34.6. The van der Waals surface area contributed by atoms with Gasteiger partial charge in [-0.3, -0.25) is 9.73 Å².